The van der Waals surface area contributed by atoms with E-state index in [1.54, 1.807) is 0 Å². The van der Waals surface area contributed by atoms with Crippen LogP contribution in [0.2, 0.25) is 0 Å². The second-order valence-corrected chi connectivity index (χ2v) is 6.64. The zero-order valence-electron chi connectivity index (χ0n) is 13.2. The van der Waals surface area contributed by atoms with Gasteiger partial charge >= 0.3 is 6.09 Å². The van der Waals surface area contributed by atoms with Crippen LogP contribution in [0.25, 0.3) is 0 Å². The average Bonchev–Trinajstić information content (AvgIpc) is 2.98. The van der Waals surface area contributed by atoms with E-state index < -0.39 is 0 Å². The fourth-order valence-corrected chi connectivity index (χ4v) is 3.43. The maximum atomic E-state index is 12.3. The predicted molar refractivity (Wildman–Crippen MR) is 87.1 cm³/mol. The van der Waals surface area contributed by atoms with Crippen LogP contribution in [0.5, 0.6) is 0 Å². The number of hydrogen-bond acceptors (Lipinski definition) is 3. The molecule has 1 aromatic carbocycles. The molecule has 0 unspecified atom stereocenters. The number of benzene rings is 1. The molecule has 3 rings (SSSR count). The number of carbonyl (C=O) groups is 1. The number of likely N-dealkylation sites (tertiary alicyclic amines) is 1. The van der Waals surface area contributed by atoms with Crippen LogP contribution < -0.4 is 0 Å². The molecule has 0 N–H and O–H groups in total. The van der Waals surface area contributed by atoms with E-state index in [4.69, 9.17) is 4.74 Å². The third-order valence-corrected chi connectivity index (χ3v) is 4.87. The van der Waals surface area contributed by atoms with Crippen molar-refractivity contribution in [1.82, 2.24) is 4.90 Å². The Morgan fingerprint density at radius 2 is 2.23 bits per heavy atom. The molecule has 0 bridgehead atoms. The second kappa shape index (κ2) is 6.51. The highest BCUT2D eigenvalue weighted by Gasteiger charge is 2.42. The average molecular weight is 300 g/mol. The van der Waals surface area contributed by atoms with Gasteiger partial charge in [-0.25, -0.2) is 4.79 Å². The third-order valence-electron chi connectivity index (χ3n) is 4.87. The quantitative estimate of drug-likeness (QED) is 0.855. The molecular formula is C18H24N2O2. The minimum atomic E-state index is -0.202. The first-order chi connectivity index (χ1) is 10.7. The van der Waals surface area contributed by atoms with Gasteiger partial charge in [-0.3, -0.25) is 4.99 Å². The number of ether oxygens (including phenoxy) is 1. The van der Waals surface area contributed by atoms with Gasteiger partial charge in [-0.15, -0.1) is 0 Å². The summed E-state index contributed by atoms with van der Waals surface area (Å²) in [6.07, 6.45) is 6.30. The summed E-state index contributed by atoms with van der Waals surface area (Å²) in [7, 11) is 0. The molecule has 0 radical (unpaired) electrons. The zero-order valence-corrected chi connectivity index (χ0v) is 13.2. The van der Waals surface area contributed by atoms with Crippen LogP contribution in [0.1, 0.15) is 38.2 Å². The first kappa shape index (κ1) is 15.1. The summed E-state index contributed by atoms with van der Waals surface area (Å²) in [6, 6.07) is 10.2. The third kappa shape index (κ3) is 3.32. The molecule has 0 saturated carbocycles. The van der Waals surface area contributed by atoms with Gasteiger partial charge in [0.05, 0.1) is 6.04 Å². The Morgan fingerprint density at radius 3 is 2.95 bits per heavy atom. The van der Waals surface area contributed by atoms with Gasteiger partial charge in [0.25, 0.3) is 0 Å². The van der Waals surface area contributed by atoms with Gasteiger partial charge in [0.15, 0.2) is 0 Å². The van der Waals surface area contributed by atoms with E-state index in [2.05, 4.69) is 18.1 Å². The van der Waals surface area contributed by atoms with Gasteiger partial charge in [0.1, 0.15) is 6.61 Å². The van der Waals surface area contributed by atoms with Crippen molar-refractivity contribution in [2.24, 2.45) is 10.4 Å². The van der Waals surface area contributed by atoms with Crippen LogP contribution in [-0.4, -0.2) is 36.3 Å². The number of nitrogens with zero attached hydrogens (tertiary/aromatic N) is 2. The van der Waals surface area contributed by atoms with Crippen LogP contribution in [0.15, 0.2) is 35.3 Å². The van der Waals surface area contributed by atoms with E-state index in [1.165, 1.54) is 6.42 Å². The van der Waals surface area contributed by atoms with Crippen molar-refractivity contribution in [2.75, 3.05) is 13.1 Å². The van der Waals surface area contributed by atoms with Gasteiger partial charge in [0, 0.05) is 18.5 Å². The molecule has 2 heterocycles. The molecule has 0 aliphatic carbocycles. The Bertz CT molecular complexity index is 543. The van der Waals surface area contributed by atoms with E-state index >= 15 is 0 Å². The zero-order chi connectivity index (χ0) is 15.4. The summed E-state index contributed by atoms with van der Waals surface area (Å²) in [4.78, 5) is 18.8. The van der Waals surface area contributed by atoms with Gasteiger partial charge in [-0.05, 0) is 37.5 Å². The maximum absolute atomic E-state index is 12.3. The topological polar surface area (TPSA) is 41.9 Å². The maximum Gasteiger partial charge on any atom is 0.410 e. The fraction of sp³-hybridized carbons (Fsp3) is 0.556. The summed E-state index contributed by atoms with van der Waals surface area (Å²) >= 11 is 0. The molecule has 1 fully saturated rings. The van der Waals surface area contributed by atoms with Crippen molar-refractivity contribution in [3.63, 3.8) is 0 Å². The molecule has 0 spiro atoms. The first-order valence-electron chi connectivity index (χ1n) is 8.15. The Kier molecular flexibility index (Phi) is 4.46. The Hall–Kier alpha value is -1.84. The van der Waals surface area contributed by atoms with Crippen LogP contribution in [0.4, 0.5) is 4.79 Å². The van der Waals surface area contributed by atoms with Crippen molar-refractivity contribution in [3.05, 3.63) is 35.9 Å². The fourth-order valence-electron chi connectivity index (χ4n) is 3.43. The number of carbonyl (C=O) groups excluding carboxylic acids is 1. The van der Waals surface area contributed by atoms with Crippen LogP contribution in [0, 0.1) is 5.41 Å². The molecule has 4 heteroatoms. The molecule has 0 aromatic heterocycles. The summed E-state index contributed by atoms with van der Waals surface area (Å²) in [5.74, 6) is 0. The number of aliphatic imine (C=N–C) groups is 1. The lowest BCUT2D eigenvalue weighted by Gasteiger charge is -2.32. The molecule has 118 valence electrons. The Morgan fingerprint density at radius 1 is 1.41 bits per heavy atom. The summed E-state index contributed by atoms with van der Waals surface area (Å²) in [6.45, 7) is 4.12. The highest BCUT2D eigenvalue weighted by atomic mass is 16.6. The van der Waals surface area contributed by atoms with E-state index in [1.807, 2.05) is 35.2 Å². The lowest BCUT2D eigenvalue weighted by molar-refractivity contribution is 0.0985. The second-order valence-electron chi connectivity index (χ2n) is 6.64. The molecule has 2 aliphatic heterocycles. The van der Waals surface area contributed by atoms with Crippen molar-refractivity contribution in [1.29, 1.82) is 0 Å². The summed E-state index contributed by atoms with van der Waals surface area (Å²) in [5.41, 5.74) is 1.12. The molecule has 22 heavy (non-hydrogen) atoms. The summed E-state index contributed by atoms with van der Waals surface area (Å²) in [5, 5.41) is 0. The largest absolute Gasteiger partial charge is 0.445 e. The molecule has 2 atom stereocenters. The molecule has 1 aromatic rings. The van der Waals surface area contributed by atoms with Gasteiger partial charge in [-0.2, -0.15) is 0 Å². The van der Waals surface area contributed by atoms with E-state index in [0.29, 0.717) is 12.6 Å². The molecule has 2 aliphatic rings. The highest BCUT2D eigenvalue weighted by Crippen LogP contribution is 2.38. The van der Waals surface area contributed by atoms with Crippen molar-refractivity contribution >= 4 is 12.3 Å². The molecule has 1 amide bonds. The van der Waals surface area contributed by atoms with E-state index in [9.17, 15) is 4.79 Å². The van der Waals surface area contributed by atoms with Crippen LogP contribution in [-0.2, 0) is 11.3 Å². The lowest BCUT2D eigenvalue weighted by atomic mass is 9.78. The first-order valence-corrected chi connectivity index (χ1v) is 8.15. The minimum Gasteiger partial charge on any atom is -0.445 e. The van der Waals surface area contributed by atoms with Crippen molar-refractivity contribution < 1.29 is 9.53 Å². The SMILES string of the molecule is C[C@@]1([C@@H]2CCCC=N2)CCN(C(=O)OCc2ccccc2)C1. The molecule has 1 saturated heterocycles. The molecule has 4 nitrogen and oxygen atoms in total. The number of hydrogen-bond donors (Lipinski definition) is 0. The predicted octanol–water partition coefficient (Wildman–Crippen LogP) is 3.66. The van der Waals surface area contributed by atoms with Crippen molar-refractivity contribution in [2.45, 2.75) is 45.3 Å². The molecular weight excluding hydrogens is 276 g/mol. The van der Waals surface area contributed by atoms with E-state index in [0.717, 1.165) is 37.9 Å². The van der Waals surface area contributed by atoms with Crippen molar-refractivity contribution in [3.8, 4) is 0 Å². The smallest absolute Gasteiger partial charge is 0.410 e. The Labute approximate surface area is 132 Å². The normalized spacial score (nSPS) is 27.9. The highest BCUT2D eigenvalue weighted by molar-refractivity contribution is 5.68. The number of amides is 1. The van der Waals surface area contributed by atoms with Crippen LogP contribution >= 0.6 is 0 Å². The number of rotatable bonds is 3. The minimum absolute atomic E-state index is 0.0999. The standard InChI is InChI=1S/C18H24N2O2/c1-18(16-9-5-6-11-19-16)10-12-20(14-18)17(21)22-13-15-7-3-2-4-8-15/h2-4,7-8,11,16H,5-6,9-10,12-14H2,1H3/t16-,18+/m0/s1. The van der Waals surface area contributed by atoms with Gasteiger partial charge in [0.2, 0.25) is 0 Å². The summed E-state index contributed by atoms with van der Waals surface area (Å²) < 4.78 is 5.44. The van der Waals surface area contributed by atoms with Gasteiger partial charge in [-0.1, -0.05) is 37.3 Å². The Balaban J connectivity index is 1.54. The van der Waals surface area contributed by atoms with Crippen LogP contribution in [0.3, 0.4) is 0 Å². The lowest BCUT2D eigenvalue weighted by Crippen LogP contribution is -2.37. The van der Waals surface area contributed by atoms with Gasteiger partial charge < -0.3 is 9.64 Å². The monoisotopic (exact) mass is 300 g/mol. The van der Waals surface area contributed by atoms with E-state index in [-0.39, 0.29) is 11.5 Å².